The third-order valence-electron chi connectivity index (χ3n) is 4.55. The van der Waals surface area contributed by atoms with Crippen LogP contribution in [0.5, 0.6) is 0 Å². The number of hydrogen-bond acceptors (Lipinski definition) is 7. The van der Waals surface area contributed by atoms with Gasteiger partial charge in [0.15, 0.2) is 5.82 Å². The maximum atomic E-state index is 6.38. The predicted molar refractivity (Wildman–Crippen MR) is 85.7 cm³/mol. The van der Waals surface area contributed by atoms with Gasteiger partial charge in [-0.3, -0.25) is 0 Å². The fourth-order valence-electron chi connectivity index (χ4n) is 3.03. The smallest absolute Gasteiger partial charge is 0.253 e. The molecule has 0 saturated heterocycles. The van der Waals surface area contributed by atoms with Crippen molar-refractivity contribution in [3.05, 3.63) is 42.0 Å². The molecule has 0 aliphatic heterocycles. The average molecular weight is 325 g/mol. The molecule has 1 aliphatic carbocycles. The molecule has 8 heteroatoms. The first-order chi connectivity index (χ1) is 11.7. The van der Waals surface area contributed by atoms with Gasteiger partial charge in [0.1, 0.15) is 6.04 Å². The molecule has 0 bridgehead atoms. The van der Waals surface area contributed by atoms with Crippen LogP contribution in [-0.4, -0.2) is 30.3 Å². The first-order valence-electron chi connectivity index (χ1n) is 8.14. The van der Waals surface area contributed by atoms with Crippen LogP contribution in [0.15, 0.2) is 34.9 Å². The molecule has 8 nitrogen and oxygen atoms in total. The summed E-state index contributed by atoms with van der Waals surface area (Å²) in [5, 5.41) is 16.7. The van der Waals surface area contributed by atoms with E-state index in [0.717, 1.165) is 31.2 Å². The molecule has 1 aromatic carbocycles. The fraction of sp³-hybridized carbons (Fsp3) is 0.438. The first-order valence-corrected chi connectivity index (χ1v) is 8.14. The number of tetrazole rings is 1. The summed E-state index contributed by atoms with van der Waals surface area (Å²) in [5.74, 6) is 1.58. The van der Waals surface area contributed by atoms with E-state index in [1.165, 1.54) is 4.80 Å². The molecule has 4 rings (SSSR count). The summed E-state index contributed by atoms with van der Waals surface area (Å²) < 4.78 is 5.40. The molecule has 1 aliphatic rings. The number of hydrogen-bond donors (Lipinski definition) is 1. The van der Waals surface area contributed by atoms with Crippen molar-refractivity contribution in [3.63, 3.8) is 0 Å². The number of nitrogens with two attached hydrogens (primary N) is 1. The minimum Gasteiger partial charge on any atom is -0.337 e. The van der Waals surface area contributed by atoms with E-state index in [4.69, 9.17) is 10.3 Å². The number of rotatable bonds is 4. The van der Waals surface area contributed by atoms with Crippen LogP contribution >= 0.6 is 0 Å². The number of nitrogens with zero attached hydrogens (tertiary/aromatic N) is 6. The highest BCUT2D eigenvalue weighted by molar-refractivity contribution is 5.52. The van der Waals surface area contributed by atoms with Gasteiger partial charge in [0.05, 0.1) is 5.54 Å². The minimum atomic E-state index is -0.466. The Labute approximate surface area is 139 Å². The largest absolute Gasteiger partial charge is 0.337 e. The van der Waals surface area contributed by atoms with Crippen molar-refractivity contribution in [2.24, 2.45) is 5.73 Å². The fourth-order valence-corrected chi connectivity index (χ4v) is 3.03. The maximum Gasteiger partial charge on any atom is 0.253 e. The van der Waals surface area contributed by atoms with Crippen molar-refractivity contribution in [2.75, 3.05) is 0 Å². The highest BCUT2D eigenvalue weighted by Crippen LogP contribution is 2.35. The molecule has 2 N–H and O–H groups in total. The van der Waals surface area contributed by atoms with E-state index in [2.05, 4.69) is 25.6 Å². The van der Waals surface area contributed by atoms with Crippen LogP contribution < -0.4 is 5.73 Å². The third-order valence-corrected chi connectivity index (χ3v) is 4.55. The lowest BCUT2D eigenvalue weighted by atomic mass is 9.99. The molecule has 1 unspecified atom stereocenters. The molecule has 0 radical (unpaired) electrons. The lowest BCUT2D eigenvalue weighted by Crippen LogP contribution is -2.34. The van der Waals surface area contributed by atoms with Crippen LogP contribution in [0, 0.1) is 0 Å². The topological polar surface area (TPSA) is 109 Å². The zero-order chi connectivity index (χ0) is 16.6. The number of aromatic nitrogens is 6. The van der Waals surface area contributed by atoms with Crippen LogP contribution in [-0.2, 0) is 5.54 Å². The Bertz CT molecular complexity index is 820. The van der Waals surface area contributed by atoms with E-state index in [9.17, 15) is 0 Å². The second kappa shape index (κ2) is 5.79. The van der Waals surface area contributed by atoms with Crippen LogP contribution in [0.25, 0.3) is 11.4 Å². The Kier molecular flexibility index (Phi) is 3.61. The molecular weight excluding hydrogens is 306 g/mol. The van der Waals surface area contributed by atoms with Gasteiger partial charge in [-0.2, -0.15) is 9.78 Å². The molecule has 2 heterocycles. The molecular formula is C16H19N7O. The van der Waals surface area contributed by atoms with Crippen molar-refractivity contribution >= 4 is 0 Å². The summed E-state index contributed by atoms with van der Waals surface area (Å²) >= 11 is 0. The Hall–Kier alpha value is -2.61. The van der Waals surface area contributed by atoms with E-state index < -0.39 is 5.54 Å². The van der Waals surface area contributed by atoms with Gasteiger partial charge in [-0.1, -0.05) is 48.3 Å². The summed E-state index contributed by atoms with van der Waals surface area (Å²) in [4.78, 5) is 5.97. The Balaban J connectivity index is 1.57. The molecule has 0 amide bonds. The summed E-state index contributed by atoms with van der Waals surface area (Å²) in [6.07, 6.45) is 3.97. The van der Waals surface area contributed by atoms with E-state index in [0.29, 0.717) is 17.5 Å². The van der Waals surface area contributed by atoms with E-state index in [1.54, 1.807) is 0 Å². The van der Waals surface area contributed by atoms with Gasteiger partial charge in [0.25, 0.3) is 5.89 Å². The predicted octanol–water partition coefficient (Wildman–Crippen LogP) is 2.06. The zero-order valence-corrected chi connectivity index (χ0v) is 13.5. The minimum absolute atomic E-state index is 0.304. The molecule has 1 saturated carbocycles. The van der Waals surface area contributed by atoms with Gasteiger partial charge >= 0.3 is 0 Å². The lowest BCUT2D eigenvalue weighted by Gasteiger charge is -2.17. The van der Waals surface area contributed by atoms with Gasteiger partial charge in [-0.15, -0.1) is 10.2 Å². The van der Waals surface area contributed by atoms with Gasteiger partial charge in [-0.05, 0) is 25.0 Å². The van der Waals surface area contributed by atoms with Crippen LogP contribution in [0.4, 0.5) is 0 Å². The van der Waals surface area contributed by atoms with E-state index >= 15 is 0 Å². The van der Waals surface area contributed by atoms with Crippen molar-refractivity contribution in [1.82, 2.24) is 30.3 Å². The van der Waals surface area contributed by atoms with Gasteiger partial charge in [0, 0.05) is 5.56 Å². The maximum absolute atomic E-state index is 6.38. The average Bonchev–Trinajstić information content (AvgIpc) is 3.35. The van der Waals surface area contributed by atoms with Gasteiger partial charge in [-0.25, -0.2) is 0 Å². The summed E-state index contributed by atoms with van der Waals surface area (Å²) in [7, 11) is 0. The SMILES string of the molecule is CC(c1nc(C2(N)CCCC2)no1)n1nnc(-c2ccccc2)n1. The van der Waals surface area contributed by atoms with Crippen molar-refractivity contribution in [3.8, 4) is 11.4 Å². The van der Waals surface area contributed by atoms with E-state index in [1.807, 2.05) is 37.3 Å². The lowest BCUT2D eigenvalue weighted by molar-refractivity contribution is 0.310. The Morgan fingerprint density at radius 1 is 1.21 bits per heavy atom. The first kappa shape index (κ1) is 14.9. The Morgan fingerprint density at radius 2 is 1.96 bits per heavy atom. The summed E-state index contributed by atoms with van der Waals surface area (Å²) in [5.41, 5.74) is 6.82. The van der Waals surface area contributed by atoms with Crippen molar-refractivity contribution in [2.45, 2.75) is 44.2 Å². The number of benzene rings is 1. The highest BCUT2D eigenvalue weighted by Gasteiger charge is 2.36. The third kappa shape index (κ3) is 2.58. The summed E-state index contributed by atoms with van der Waals surface area (Å²) in [6.45, 7) is 1.89. The molecule has 0 spiro atoms. The van der Waals surface area contributed by atoms with Crippen LogP contribution in [0.2, 0.25) is 0 Å². The molecule has 1 atom stereocenters. The van der Waals surface area contributed by atoms with Gasteiger partial charge < -0.3 is 10.3 Å². The molecule has 3 aromatic rings. The monoisotopic (exact) mass is 325 g/mol. The second-order valence-corrected chi connectivity index (χ2v) is 6.29. The van der Waals surface area contributed by atoms with Crippen molar-refractivity contribution < 1.29 is 4.52 Å². The molecule has 1 fully saturated rings. The standard InChI is InChI=1S/C16H19N7O/c1-11(14-18-15(21-24-14)16(17)9-5-6-10-16)23-20-13(19-22-23)12-7-3-2-4-8-12/h2-4,7-8,11H,5-6,9-10,17H2,1H3. The van der Waals surface area contributed by atoms with Crippen LogP contribution in [0.3, 0.4) is 0 Å². The quantitative estimate of drug-likeness (QED) is 0.782. The Morgan fingerprint density at radius 3 is 2.71 bits per heavy atom. The molecule has 2 aromatic heterocycles. The second-order valence-electron chi connectivity index (χ2n) is 6.29. The molecule has 124 valence electrons. The van der Waals surface area contributed by atoms with Gasteiger partial charge in [0.2, 0.25) is 5.82 Å². The van der Waals surface area contributed by atoms with E-state index in [-0.39, 0.29) is 6.04 Å². The summed E-state index contributed by atoms with van der Waals surface area (Å²) in [6, 6.07) is 9.39. The molecule has 24 heavy (non-hydrogen) atoms. The van der Waals surface area contributed by atoms with Crippen LogP contribution in [0.1, 0.15) is 50.4 Å². The highest BCUT2D eigenvalue weighted by atomic mass is 16.5. The normalized spacial score (nSPS) is 17.9. The van der Waals surface area contributed by atoms with Crippen molar-refractivity contribution in [1.29, 1.82) is 0 Å². The zero-order valence-electron chi connectivity index (χ0n) is 13.5.